The number of carbonyl (C=O) groups excluding carboxylic acids is 1. The predicted molar refractivity (Wildman–Crippen MR) is 123 cm³/mol. The number of aromatic nitrogens is 2. The Morgan fingerprint density at radius 1 is 0.903 bits per heavy atom. The molecular weight excluding hydrogens is 411 g/mol. The Morgan fingerprint density at radius 2 is 1.71 bits per heavy atom. The highest BCUT2D eigenvalue weighted by atomic mass is 32.1. The third-order valence-electron chi connectivity index (χ3n) is 4.73. The van der Waals surface area contributed by atoms with Gasteiger partial charge >= 0.3 is 0 Å². The van der Waals surface area contributed by atoms with E-state index < -0.39 is 0 Å². The summed E-state index contributed by atoms with van der Waals surface area (Å²) in [6.45, 7) is 0. The molecule has 0 saturated carbocycles. The number of imidazole rings is 1. The van der Waals surface area contributed by atoms with Crippen molar-refractivity contribution in [2.24, 2.45) is 0 Å². The molecule has 1 amide bonds. The van der Waals surface area contributed by atoms with Gasteiger partial charge in [0.25, 0.3) is 5.91 Å². The molecule has 0 aliphatic rings. The maximum absolute atomic E-state index is 13.4. The first-order chi connectivity index (χ1) is 15.1. The van der Waals surface area contributed by atoms with Crippen molar-refractivity contribution in [3.05, 3.63) is 95.6 Å². The maximum atomic E-state index is 13.4. The van der Waals surface area contributed by atoms with Crippen LogP contribution in [0.5, 0.6) is 0 Å². The van der Waals surface area contributed by atoms with Crippen molar-refractivity contribution in [2.45, 2.75) is 0 Å². The first-order valence-corrected chi connectivity index (χ1v) is 10.4. The molecule has 31 heavy (non-hydrogen) atoms. The molecule has 0 aliphatic heterocycles. The van der Waals surface area contributed by atoms with Crippen LogP contribution in [0.15, 0.2) is 84.9 Å². The zero-order chi connectivity index (χ0) is 21.2. The van der Waals surface area contributed by atoms with E-state index in [1.54, 1.807) is 12.1 Å². The Bertz CT molecular complexity index is 1340. The number of rotatable bonds is 5. The minimum absolute atomic E-state index is 0.203. The molecule has 5 rings (SSSR count). The lowest BCUT2D eigenvalue weighted by molar-refractivity contribution is 0.103. The number of hydrogen-bond acceptors (Lipinski definition) is 4. The van der Waals surface area contributed by atoms with Gasteiger partial charge in [-0.3, -0.25) is 4.79 Å². The molecule has 0 spiro atoms. The number of aromatic amines is 1. The van der Waals surface area contributed by atoms with Gasteiger partial charge in [-0.1, -0.05) is 24.3 Å². The number of nitrogens with zero attached hydrogens (tertiary/aromatic N) is 1. The fourth-order valence-corrected chi connectivity index (χ4v) is 4.13. The van der Waals surface area contributed by atoms with E-state index in [1.807, 2.05) is 60.7 Å². The standard InChI is InChI=1S/C24H17FN4OS/c25-16-5-3-4-15(14-16)21-12-13-22(31-21)23(30)26-17-8-10-18(11-9-17)27-24-28-19-6-1-2-7-20(19)29-24/h1-14H,(H,26,30)(H2,27,28,29). The number of thiophene rings is 1. The van der Waals surface area contributed by atoms with E-state index in [1.165, 1.54) is 23.5 Å². The number of amides is 1. The lowest BCUT2D eigenvalue weighted by Crippen LogP contribution is -2.09. The highest BCUT2D eigenvalue weighted by Gasteiger charge is 2.11. The Kier molecular flexibility index (Phi) is 4.93. The summed E-state index contributed by atoms with van der Waals surface area (Å²) < 4.78 is 13.4. The van der Waals surface area contributed by atoms with Gasteiger partial charge in [-0.2, -0.15) is 0 Å². The fourth-order valence-electron chi connectivity index (χ4n) is 3.24. The Labute approximate surface area is 181 Å². The molecule has 2 heterocycles. The summed E-state index contributed by atoms with van der Waals surface area (Å²) in [4.78, 5) is 21.7. The smallest absolute Gasteiger partial charge is 0.265 e. The molecule has 0 saturated heterocycles. The molecule has 152 valence electrons. The van der Waals surface area contributed by atoms with Gasteiger partial charge in [0.2, 0.25) is 5.95 Å². The quantitative estimate of drug-likeness (QED) is 0.302. The number of para-hydroxylation sites is 2. The third-order valence-corrected chi connectivity index (χ3v) is 5.87. The van der Waals surface area contributed by atoms with E-state index in [2.05, 4.69) is 20.6 Å². The van der Waals surface area contributed by atoms with Crippen LogP contribution in [-0.2, 0) is 0 Å². The number of anilines is 3. The van der Waals surface area contributed by atoms with Crippen molar-refractivity contribution < 1.29 is 9.18 Å². The first kappa shape index (κ1) is 19.0. The van der Waals surface area contributed by atoms with E-state index in [9.17, 15) is 9.18 Å². The van der Waals surface area contributed by atoms with Crippen LogP contribution in [0.4, 0.5) is 21.7 Å². The summed E-state index contributed by atoms with van der Waals surface area (Å²) >= 11 is 1.33. The molecule has 0 unspecified atom stereocenters. The molecular formula is C24H17FN4OS. The zero-order valence-corrected chi connectivity index (χ0v) is 17.0. The second-order valence-corrected chi connectivity index (χ2v) is 8.02. The normalized spacial score (nSPS) is 10.9. The number of hydrogen-bond donors (Lipinski definition) is 3. The van der Waals surface area contributed by atoms with Gasteiger partial charge in [-0.25, -0.2) is 9.37 Å². The van der Waals surface area contributed by atoms with Crippen molar-refractivity contribution >= 4 is 45.6 Å². The van der Waals surface area contributed by atoms with Gasteiger partial charge in [-0.15, -0.1) is 11.3 Å². The highest BCUT2D eigenvalue weighted by molar-refractivity contribution is 7.17. The van der Waals surface area contributed by atoms with Gasteiger partial charge in [0, 0.05) is 16.3 Å². The highest BCUT2D eigenvalue weighted by Crippen LogP contribution is 2.29. The summed E-state index contributed by atoms with van der Waals surface area (Å²) in [5.74, 6) is 0.153. The minimum atomic E-state index is -0.298. The molecule has 5 nitrogen and oxygen atoms in total. The zero-order valence-electron chi connectivity index (χ0n) is 16.2. The average molecular weight is 428 g/mol. The van der Waals surface area contributed by atoms with E-state index in [0.29, 0.717) is 16.5 Å². The third kappa shape index (κ3) is 4.17. The lowest BCUT2D eigenvalue weighted by atomic mass is 10.2. The molecule has 5 aromatic rings. The molecule has 0 bridgehead atoms. The Morgan fingerprint density at radius 3 is 2.52 bits per heavy atom. The van der Waals surface area contributed by atoms with E-state index in [-0.39, 0.29) is 11.7 Å². The molecule has 0 radical (unpaired) electrons. The van der Waals surface area contributed by atoms with Crippen LogP contribution in [0, 0.1) is 5.82 Å². The van der Waals surface area contributed by atoms with Crippen molar-refractivity contribution in [1.82, 2.24) is 9.97 Å². The second-order valence-electron chi connectivity index (χ2n) is 6.93. The SMILES string of the molecule is O=C(Nc1ccc(Nc2nc3ccccc3[nH]2)cc1)c1ccc(-c2cccc(F)c2)s1. The van der Waals surface area contributed by atoms with Crippen molar-refractivity contribution in [3.8, 4) is 10.4 Å². The monoisotopic (exact) mass is 428 g/mol. The summed E-state index contributed by atoms with van der Waals surface area (Å²) in [6, 6.07) is 25.1. The van der Waals surface area contributed by atoms with Crippen LogP contribution in [0.1, 0.15) is 9.67 Å². The van der Waals surface area contributed by atoms with Crippen molar-refractivity contribution in [1.29, 1.82) is 0 Å². The Hall–Kier alpha value is -3.97. The summed E-state index contributed by atoms with van der Waals surface area (Å²) in [6.07, 6.45) is 0. The van der Waals surface area contributed by atoms with Crippen molar-refractivity contribution in [2.75, 3.05) is 10.6 Å². The van der Waals surface area contributed by atoms with Gasteiger partial charge in [0.1, 0.15) is 5.82 Å². The number of halogens is 1. The maximum Gasteiger partial charge on any atom is 0.265 e. The summed E-state index contributed by atoms with van der Waals surface area (Å²) in [5.41, 5.74) is 4.14. The Balaban J connectivity index is 1.26. The second kappa shape index (κ2) is 8.04. The number of benzene rings is 3. The van der Waals surface area contributed by atoms with Gasteiger partial charge in [0.05, 0.1) is 15.9 Å². The summed E-state index contributed by atoms with van der Waals surface area (Å²) in [7, 11) is 0. The van der Waals surface area contributed by atoms with Crippen LogP contribution in [0.3, 0.4) is 0 Å². The molecule has 0 aliphatic carbocycles. The summed E-state index contributed by atoms with van der Waals surface area (Å²) in [5, 5.41) is 6.12. The molecule has 0 atom stereocenters. The number of nitrogens with one attached hydrogen (secondary N) is 3. The lowest BCUT2D eigenvalue weighted by Gasteiger charge is -2.06. The largest absolute Gasteiger partial charge is 0.326 e. The molecule has 3 N–H and O–H groups in total. The fraction of sp³-hybridized carbons (Fsp3) is 0. The number of carbonyl (C=O) groups is 1. The number of H-pyrrole nitrogens is 1. The van der Waals surface area contributed by atoms with E-state index in [4.69, 9.17) is 0 Å². The molecule has 0 fully saturated rings. The van der Waals surface area contributed by atoms with Crippen molar-refractivity contribution in [3.63, 3.8) is 0 Å². The van der Waals surface area contributed by atoms with Crippen LogP contribution in [-0.4, -0.2) is 15.9 Å². The number of fused-ring (bicyclic) bond motifs is 1. The average Bonchev–Trinajstić information content (AvgIpc) is 3.42. The van der Waals surface area contributed by atoms with Gasteiger partial charge in [-0.05, 0) is 66.2 Å². The van der Waals surface area contributed by atoms with E-state index >= 15 is 0 Å². The van der Waals surface area contributed by atoms with Crippen LogP contribution < -0.4 is 10.6 Å². The van der Waals surface area contributed by atoms with Gasteiger partial charge < -0.3 is 15.6 Å². The van der Waals surface area contributed by atoms with Crippen LogP contribution >= 0.6 is 11.3 Å². The molecule has 2 aromatic heterocycles. The minimum Gasteiger partial charge on any atom is -0.326 e. The first-order valence-electron chi connectivity index (χ1n) is 9.63. The predicted octanol–water partition coefficient (Wildman–Crippen LogP) is 6.43. The van der Waals surface area contributed by atoms with Gasteiger partial charge in [0.15, 0.2) is 0 Å². The van der Waals surface area contributed by atoms with Crippen LogP contribution in [0.25, 0.3) is 21.5 Å². The molecule has 7 heteroatoms. The topological polar surface area (TPSA) is 69.8 Å². The molecule has 3 aromatic carbocycles. The van der Waals surface area contributed by atoms with E-state index in [0.717, 1.165) is 27.2 Å². The van der Waals surface area contributed by atoms with Crippen LogP contribution in [0.2, 0.25) is 0 Å².